The number of likely N-dealkylation sites (N-methyl/N-ethyl adjacent to an activating group) is 1. The molecule has 10 nitrogen and oxygen atoms in total. The van der Waals surface area contributed by atoms with Crippen LogP contribution in [0, 0.1) is 0 Å². The lowest BCUT2D eigenvalue weighted by Gasteiger charge is -2.31. The van der Waals surface area contributed by atoms with Crippen molar-refractivity contribution in [3.05, 3.63) is 60.6 Å². The molecule has 36 heavy (non-hydrogen) atoms. The normalized spacial score (nSPS) is 14.3. The van der Waals surface area contributed by atoms with Crippen molar-refractivity contribution in [2.24, 2.45) is 0 Å². The molecule has 184 valence electrons. The number of carbonyl (C=O) groups excluding carboxylic acids is 2. The van der Waals surface area contributed by atoms with Crippen LogP contribution in [0.1, 0.15) is 12.6 Å². The number of carbonyl (C=O) groups is 2. The molecule has 5 rings (SSSR count). The Balaban J connectivity index is 1.45. The molecule has 0 atom stereocenters. The number of nitrogens with zero attached hydrogens (tertiary/aromatic N) is 5. The lowest BCUT2D eigenvalue weighted by molar-refractivity contribution is -0.134. The summed E-state index contributed by atoms with van der Waals surface area (Å²) in [6.07, 6.45) is 3.00. The SMILES string of the molecule is CCOC(=O)Nc1nc2c(-c3ccccn3)cc(-c3ccc(CN4CCN(C)C(=O)C4)nc3)cc2[nH]1. The van der Waals surface area contributed by atoms with E-state index in [-0.39, 0.29) is 12.5 Å². The predicted molar refractivity (Wildman–Crippen MR) is 136 cm³/mol. The average molecular weight is 486 g/mol. The Morgan fingerprint density at radius 3 is 2.75 bits per heavy atom. The minimum Gasteiger partial charge on any atom is -0.450 e. The maximum Gasteiger partial charge on any atom is 0.413 e. The number of imidazole rings is 1. The van der Waals surface area contributed by atoms with Crippen molar-refractivity contribution in [1.82, 2.24) is 29.7 Å². The first kappa shape index (κ1) is 23.4. The van der Waals surface area contributed by atoms with E-state index in [0.717, 1.165) is 46.7 Å². The maximum atomic E-state index is 12.0. The minimum absolute atomic E-state index is 0.129. The summed E-state index contributed by atoms with van der Waals surface area (Å²) in [4.78, 5) is 44.7. The molecule has 0 radical (unpaired) electrons. The fraction of sp³-hybridized carbons (Fsp3) is 0.269. The largest absolute Gasteiger partial charge is 0.450 e. The Labute approximate surface area is 208 Å². The van der Waals surface area contributed by atoms with Gasteiger partial charge in [0.25, 0.3) is 0 Å². The molecule has 3 aromatic heterocycles. The summed E-state index contributed by atoms with van der Waals surface area (Å²) < 4.78 is 4.97. The molecule has 0 spiro atoms. The summed E-state index contributed by atoms with van der Waals surface area (Å²) >= 11 is 0. The Hall–Kier alpha value is -4.31. The van der Waals surface area contributed by atoms with Crippen molar-refractivity contribution in [1.29, 1.82) is 0 Å². The molecule has 1 fully saturated rings. The smallest absolute Gasteiger partial charge is 0.413 e. The van der Waals surface area contributed by atoms with Crippen LogP contribution >= 0.6 is 0 Å². The van der Waals surface area contributed by atoms with Crippen molar-refractivity contribution >= 4 is 29.0 Å². The van der Waals surface area contributed by atoms with Gasteiger partial charge in [0.15, 0.2) is 0 Å². The second-order valence-corrected chi connectivity index (χ2v) is 8.63. The summed E-state index contributed by atoms with van der Waals surface area (Å²) in [6.45, 7) is 4.60. The Morgan fingerprint density at radius 2 is 2.03 bits per heavy atom. The molecule has 2 N–H and O–H groups in total. The number of anilines is 1. The van der Waals surface area contributed by atoms with E-state index < -0.39 is 6.09 Å². The average Bonchev–Trinajstić information content (AvgIpc) is 3.29. The molecule has 0 saturated carbocycles. The van der Waals surface area contributed by atoms with E-state index in [1.54, 1.807) is 18.0 Å². The van der Waals surface area contributed by atoms with Crippen LogP contribution in [-0.4, -0.2) is 75.0 Å². The number of amides is 2. The standard InChI is InChI=1S/C26H27N7O3/c1-3-36-26(35)31-25-29-22-13-18(12-20(24(22)30-25)21-6-4-5-9-27-21)17-7-8-19(28-14-17)15-33-11-10-32(2)23(34)16-33/h4-9,12-14H,3,10-11,15-16H2,1-2H3,(H2,29,30,31,35). The molecule has 1 aliphatic rings. The van der Waals surface area contributed by atoms with Gasteiger partial charge >= 0.3 is 6.09 Å². The highest BCUT2D eigenvalue weighted by molar-refractivity contribution is 5.97. The van der Waals surface area contributed by atoms with Crippen LogP contribution in [0.2, 0.25) is 0 Å². The van der Waals surface area contributed by atoms with Crippen molar-refractivity contribution in [2.45, 2.75) is 13.5 Å². The Bertz CT molecular complexity index is 1390. The number of hydrogen-bond donors (Lipinski definition) is 2. The van der Waals surface area contributed by atoms with Gasteiger partial charge in [-0.2, -0.15) is 0 Å². The number of H-pyrrole nitrogens is 1. The first-order valence-electron chi connectivity index (χ1n) is 11.8. The Kier molecular flexibility index (Phi) is 6.59. The molecule has 0 aliphatic carbocycles. The lowest BCUT2D eigenvalue weighted by atomic mass is 10.0. The van der Waals surface area contributed by atoms with Crippen molar-refractivity contribution in [3.8, 4) is 22.4 Å². The number of piperazine rings is 1. The highest BCUT2D eigenvalue weighted by Gasteiger charge is 2.21. The monoisotopic (exact) mass is 485 g/mol. The topological polar surface area (TPSA) is 116 Å². The number of ether oxygens (including phenoxy) is 1. The zero-order chi connectivity index (χ0) is 25.1. The lowest BCUT2D eigenvalue weighted by Crippen LogP contribution is -2.48. The summed E-state index contributed by atoms with van der Waals surface area (Å²) in [7, 11) is 1.83. The zero-order valence-corrected chi connectivity index (χ0v) is 20.2. The Morgan fingerprint density at radius 1 is 1.14 bits per heavy atom. The number of pyridine rings is 2. The molecular weight excluding hydrogens is 458 g/mol. The van der Waals surface area contributed by atoms with Gasteiger partial charge in [0, 0.05) is 50.2 Å². The fourth-order valence-corrected chi connectivity index (χ4v) is 4.18. The van der Waals surface area contributed by atoms with Crippen LogP contribution in [0.3, 0.4) is 0 Å². The number of nitrogens with one attached hydrogen (secondary N) is 2. The van der Waals surface area contributed by atoms with Crippen molar-refractivity contribution < 1.29 is 14.3 Å². The van der Waals surface area contributed by atoms with Crippen molar-refractivity contribution in [3.63, 3.8) is 0 Å². The molecule has 1 saturated heterocycles. The quantitative estimate of drug-likeness (QED) is 0.429. The zero-order valence-electron chi connectivity index (χ0n) is 20.2. The van der Waals surface area contributed by atoms with Gasteiger partial charge in [-0.05, 0) is 42.8 Å². The van der Waals surface area contributed by atoms with Gasteiger partial charge in [-0.15, -0.1) is 0 Å². The molecule has 1 aromatic carbocycles. The summed E-state index contributed by atoms with van der Waals surface area (Å²) in [6, 6.07) is 13.7. The number of aromatic nitrogens is 4. The molecular formula is C26H27N7O3. The van der Waals surface area contributed by atoms with Gasteiger partial charge in [-0.3, -0.25) is 25.0 Å². The molecule has 4 aromatic rings. The van der Waals surface area contributed by atoms with Crippen molar-refractivity contribution in [2.75, 3.05) is 38.6 Å². The molecule has 0 unspecified atom stereocenters. The molecule has 2 amide bonds. The first-order valence-corrected chi connectivity index (χ1v) is 11.8. The van der Waals surface area contributed by atoms with Crippen LogP contribution in [0.15, 0.2) is 54.9 Å². The molecule has 4 heterocycles. The van der Waals surface area contributed by atoms with Gasteiger partial charge in [0.1, 0.15) is 0 Å². The van der Waals surface area contributed by atoms with Crippen LogP contribution in [0.25, 0.3) is 33.4 Å². The fourth-order valence-electron chi connectivity index (χ4n) is 4.18. The third kappa shape index (κ3) is 5.03. The minimum atomic E-state index is -0.571. The molecule has 0 bridgehead atoms. The van der Waals surface area contributed by atoms with E-state index in [4.69, 9.17) is 4.74 Å². The second-order valence-electron chi connectivity index (χ2n) is 8.63. The van der Waals surface area contributed by atoms with E-state index in [2.05, 4.69) is 30.2 Å². The summed E-state index contributed by atoms with van der Waals surface area (Å²) in [5.74, 6) is 0.428. The van der Waals surface area contributed by atoms with E-state index in [1.165, 1.54) is 0 Å². The van der Waals surface area contributed by atoms with Gasteiger partial charge in [0.2, 0.25) is 11.9 Å². The number of fused-ring (bicyclic) bond motifs is 1. The van der Waals surface area contributed by atoms with E-state index >= 15 is 0 Å². The second kappa shape index (κ2) is 10.1. The number of aromatic amines is 1. The van der Waals surface area contributed by atoms with Crippen LogP contribution in [0.4, 0.5) is 10.7 Å². The summed E-state index contributed by atoms with van der Waals surface area (Å²) in [5.41, 5.74) is 5.81. The van der Waals surface area contributed by atoms with E-state index in [1.807, 2.05) is 55.7 Å². The number of benzene rings is 1. The van der Waals surface area contributed by atoms with E-state index in [9.17, 15) is 9.59 Å². The van der Waals surface area contributed by atoms with Gasteiger partial charge in [-0.25, -0.2) is 9.78 Å². The number of hydrogen-bond acceptors (Lipinski definition) is 7. The van der Waals surface area contributed by atoms with Gasteiger partial charge in [0.05, 0.1) is 35.6 Å². The van der Waals surface area contributed by atoms with Crippen LogP contribution < -0.4 is 5.32 Å². The predicted octanol–water partition coefficient (Wildman–Crippen LogP) is 3.53. The third-order valence-corrected chi connectivity index (χ3v) is 6.10. The third-order valence-electron chi connectivity index (χ3n) is 6.10. The summed E-state index contributed by atoms with van der Waals surface area (Å²) in [5, 5.41) is 2.63. The molecule has 10 heteroatoms. The highest BCUT2D eigenvalue weighted by Crippen LogP contribution is 2.33. The van der Waals surface area contributed by atoms with E-state index in [0.29, 0.717) is 24.6 Å². The van der Waals surface area contributed by atoms with Crippen LogP contribution in [-0.2, 0) is 16.1 Å². The first-order chi connectivity index (χ1) is 17.5. The molecule has 1 aliphatic heterocycles. The van der Waals surface area contributed by atoms with Gasteiger partial charge in [-0.1, -0.05) is 12.1 Å². The highest BCUT2D eigenvalue weighted by atomic mass is 16.5. The van der Waals surface area contributed by atoms with Gasteiger partial charge < -0.3 is 14.6 Å². The number of rotatable bonds is 6. The maximum absolute atomic E-state index is 12.0. The van der Waals surface area contributed by atoms with Crippen LogP contribution in [0.5, 0.6) is 0 Å².